The van der Waals surface area contributed by atoms with Gasteiger partial charge in [0.2, 0.25) is 0 Å². The summed E-state index contributed by atoms with van der Waals surface area (Å²) in [5.41, 5.74) is 0. The summed E-state index contributed by atoms with van der Waals surface area (Å²) in [6, 6.07) is 0. The normalized spacial score (nSPS) is 34.6. The summed E-state index contributed by atoms with van der Waals surface area (Å²) < 4.78 is 12.3. The zero-order chi connectivity index (χ0) is 21.7. The van der Waals surface area contributed by atoms with Crippen molar-refractivity contribution in [1.29, 1.82) is 0 Å². The zero-order valence-corrected chi connectivity index (χ0v) is 21.1. The smallest absolute Gasteiger partial charge is 0.0894 e. The fourth-order valence-corrected chi connectivity index (χ4v) is 7.73. The van der Waals surface area contributed by atoms with Gasteiger partial charge in [0.1, 0.15) is 0 Å². The molecule has 0 amide bonds. The first-order chi connectivity index (χ1) is 15.3. The molecule has 3 fully saturated rings. The third kappa shape index (κ3) is 9.00. The average Bonchev–Trinajstić information content (AvgIpc) is 2.83. The molecular formula is C30H55F. The van der Waals surface area contributed by atoms with Gasteiger partial charge in [-0.2, -0.15) is 0 Å². The van der Waals surface area contributed by atoms with Crippen molar-refractivity contribution in [1.82, 2.24) is 0 Å². The molecule has 0 spiro atoms. The summed E-state index contributed by atoms with van der Waals surface area (Å²) in [6.07, 6.45) is 31.7. The number of halogens is 1. The monoisotopic (exact) mass is 434 g/mol. The molecule has 0 N–H and O–H groups in total. The quantitative estimate of drug-likeness (QED) is 0.253. The standard InChI is InChI=1S/C30H55F/c1-2-3-4-5-7-10-25-12-16-27(17-13-25)29-20-22-30(23-21-29)28-18-14-26(15-19-28)11-8-6-9-24-31/h25-30H,2-24H2,1H3. The van der Waals surface area contributed by atoms with Gasteiger partial charge in [-0.1, -0.05) is 90.4 Å². The van der Waals surface area contributed by atoms with E-state index in [4.69, 9.17) is 0 Å². The predicted molar refractivity (Wildman–Crippen MR) is 134 cm³/mol. The lowest BCUT2D eigenvalue weighted by atomic mass is 9.64. The van der Waals surface area contributed by atoms with E-state index in [2.05, 4.69) is 6.92 Å². The number of hydrogen-bond donors (Lipinski definition) is 0. The largest absolute Gasteiger partial charge is 0.251 e. The van der Waals surface area contributed by atoms with Crippen LogP contribution in [0.25, 0.3) is 0 Å². The van der Waals surface area contributed by atoms with Crippen LogP contribution in [0.2, 0.25) is 0 Å². The molecule has 182 valence electrons. The van der Waals surface area contributed by atoms with Crippen LogP contribution in [0, 0.1) is 35.5 Å². The van der Waals surface area contributed by atoms with E-state index < -0.39 is 0 Å². The van der Waals surface area contributed by atoms with Gasteiger partial charge in [0.25, 0.3) is 0 Å². The van der Waals surface area contributed by atoms with Crippen LogP contribution in [0.5, 0.6) is 0 Å². The summed E-state index contributed by atoms with van der Waals surface area (Å²) in [5, 5.41) is 0. The van der Waals surface area contributed by atoms with Crippen LogP contribution in [0.4, 0.5) is 4.39 Å². The highest BCUT2D eigenvalue weighted by molar-refractivity contribution is 4.86. The van der Waals surface area contributed by atoms with Gasteiger partial charge in [0, 0.05) is 0 Å². The molecule has 0 bridgehead atoms. The van der Waals surface area contributed by atoms with Gasteiger partial charge in [0.05, 0.1) is 6.67 Å². The van der Waals surface area contributed by atoms with Crippen molar-refractivity contribution in [3.63, 3.8) is 0 Å². The molecule has 0 heterocycles. The molecule has 0 saturated heterocycles. The Morgan fingerprint density at radius 2 is 0.806 bits per heavy atom. The molecule has 1 heteroatoms. The molecule has 0 nitrogen and oxygen atoms in total. The molecule has 0 unspecified atom stereocenters. The van der Waals surface area contributed by atoms with Crippen LogP contribution in [0.3, 0.4) is 0 Å². The second-order valence-electron chi connectivity index (χ2n) is 12.0. The van der Waals surface area contributed by atoms with E-state index in [-0.39, 0.29) is 6.67 Å². The molecule has 3 aliphatic carbocycles. The first-order valence-corrected chi connectivity index (χ1v) is 14.9. The van der Waals surface area contributed by atoms with Crippen molar-refractivity contribution in [2.24, 2.45) is 35.5 Å². The lowest BCUT2D eigenvalue weighted by molar-refractivity contribution is 0.102. The van der Waals surface area contributed by atoms with Crippen molar-refractivity contribution in [3.05, 3.63) is 0 Å². The van der Waals surface area contributed by atoms with Crippen molar-refractivity contribution in [2.45, 2.75) is 148 Å². The summed E-state index contributed by atoms with van der Waals surface area (Å²) in [4.78, 5) is 0. The van der Waals surface area contributed by atoms with E-state index in [1.807, 2.05) is 0 Å². The van der Waals surface area contributed by atoms with Gasteiger partial charge in [-0.15, -0.1) is 0 Å². The molecular weight excluding hydrogens is 379 g/mol. The summed E-state index contributed by atoms with van der Waals surface area (Å²) in [7, 11) is 0. The predicted octanol–water partition coefficient (Wildman–Crippen LogP) is 10.3. The molecule has 0 aromatic carbocycles. The number of unbranched alkanes of at least 4 members (excludes halogenated alkanes) is 6. The van der Waals surface area contributed by atoms with Crippen molar-refractivity contribution < 1.29 is 4.39 Å². The minimum absolute atomic E-state index is 0.115. The Balaban J connectivity index is 1.24. The highest BCUT2D eigenvalue weighted by Crippen LogP contribution is 2.46. The van der Waals surface area contributed by atoms with Crippen molar-refractivity contribution >= 4 is 0 Å². The molecule has 0 atom stereocenters. The molecule has 3 saturated carbocycles. The van der Waals surface area contributed by atoms with Crippen molar-refractivity contribution in [3.8, 4) is 0 Å². The van der Waals surface area contributed by atoms with Gasteiger partial charge in [-0.25, -0.2) is 0 Å². The maximum atomic E-state index is 12.3. The first kappa shape index (κ1) is 25.6. The van der Waals surface area contributed by atoms with Gasteiger partial charge in [0.15, 0.2) is 0 Å². The lowest BCUT2D eigenvalue weighted by Gasteiger charge is -2.41. The van der Waals surface area contributed by atoms with Crippen LogP contribution in [-0.4, -0.2) is 6.67 Å². The van der Waals surface area contributed by atoms with Crippen molar-refractivity contribution in [2.75, 3.05) is 6.67 Å². The van der Waals surface area contributed by atoms with Gasteiger partial charge < -0.3 is 0 Å². The lowest BCUT2D eigenvalue weighted by Crippen LogP contribution is -2.29. The third-order valence-electron chi connectivity index (χ3n) is 9.89. The molecule has 3 rings (SSSR count). The van der Waals surface area contributed by atoms with E-state index in [9.17, 15) is 4.39 Å². The van der Waals surface area contributed by atoms with E-state index in [0.29, 0.717) is 0 Å². The summed E-state index contributed by atoms with van der Waals surface area (Å²) >= 11 is 0. The highest BCUT2D eigenvalue weighted by Gasteiger charge is 2.34. The second kappa shape index (κ2) is 15.0. The SMILES string of the molecule is CCCCCCCC1CCC(C2CCC(C3CCC(CCCCCF)CC3)CC2)CC1. The van der Waals surface area contributed by atoms with Crippen LogP contribution in [0.1, 0.15) is 148 Å². The number of rotatable bonds is 13. The first-order valence-electron chi connectivity index (χ1n) is 14.9. The fourth-order valence-electron chi connectivity index (χ4n) is 7.73. The van der Waals surface area contributed by atoms with Gasteiger partial charge in [-0.05, 0) is 93.3 Å². The van der Waals surface area contributed by atoms with Crippen LogP contribution in [-0.2, 0) is 0 Å². The average molecular weight is 435 g/mol. The maximum absolute atomic E-state index is 12.3. The van der Waals surface area contributed by atoms with E-state index in [1.165, 1.54) is 77.0 Å². The Hall–Kier alpha value is -0.0700. The molecule has 31 heavy (non-hydrogen) atoms. The third-order valence-corrected chi connectivity index (χ3v) is 9.89. The van der Waals surface area contributed by atoms with Gasteiger partial charge >= 0.3 is 0 Å². The second-order valence-corrected chi connectivity index (χ2v) is 12.0. The van der Waals surface area contributed by atoms with Crippen LogP contribution >= 0.6 is 0 Å². The Kier molecular flexibility index (Phi) is 12.3. The Labute approximate surface area is 194 Å². The van der Waals surface area contributed by atoms with Gasteiger partial charge in [-0.3, -0.25) is 4.39 Å². The molecule has 0 aromatic heterocycles. The number of hydrogen-bond acceptors (Lipinski definition) is 0. The van der Waals surface area contributed by atoms with Crippen LogP contribution in [0.15, 0.2) is 0 Å². The molecule has 0 aliphatic heterocycles. The van der Waals surface area contributed by atoms with E-state index in [1.54, 1.807) is 51.4 Å². The Bertz CT molecular complexity index is 422. The maximum Gasteiger partial charge on any atom is 0.0894 e. The minimum atomic E-state index is -0.115. The fraction of sp³-hybridized carbons (Fsp3) is 1.00. The summed E-state index contributed by atoms with van der Waals surface area (Å²) in [5.74, 6) is 6.30. The number of alkyl halides is 1. The van der Waals surface area contributed by atoms with E-state index in [0.717, 1.165) is 48.3 Å². The Morgan fingerprint density at radius 1 is 0.452 bits per heavy atom. The van der Waals surface area contributed by atoms with Crippen LogP contribution < -0.4 is 0 Å². The zero-order valence-electron chi connectivity index (χ0n) is 21.1. The van der Waals surface area contributed by atoms with E-state index >= 15 is 0 Å². The molecule has 0 aromatic rings. The minimum Gasteiger partial charge on any atom is -0.251 e. The molecule has 3 aliphatic rings. The summed E-state index contributed by atoms with van der Waals surface area (Å²) in [6.45, 7) is 2.20. The topological polar surface area (TPSA) is 0 Å². The molecule has 0 radical (unpaired) electrons. The Morgan fingerprint density at radius 3 is 1.19 bits per heavy atom. The highest BCUT2D eigenvalue weighted by atomic mass is 19.1.